The third-order valence-corrected chi connectivity index (χ3v) is 6.18. The van der Waals surface area contributed by atoms with Crippen molar-refractivity contribution in [1.29, 1.82) is 10.5 Å². The van der Waals surface area contributed by atoms with Crippen molar-refractivity contribution in [2.75, 3.05) is 19.7 Å². The molecule has 0 radical (unpaired) electrons. The summed E-state index contributed by atoms with van der Waals surface area (Å²) in [6.07, 6.45) is 0.0502. The van der Waals surface area contributed by atoms with Gasteiger partial charge in [-0.25, -0.2) is 4.39 Å². The first-order valence-electron chi connectivity index (χ1n) is 11.5. The van der Waals surface area contributed by atoms with Gasteiger partial charge >= 0.3 is 0 Å². The maximum Gasteiger partial charge on any atom is 0.251 e. The van der Waals surface area contributed by atoms with Gasteiger partial charge in [-0.1, -0.05) is 0 Å². The van der Waals surface area contributed by atoms with Crippen molar-refractivity contribution in [3.63, 3.8) is 0 Å². The lowest BCUT2D eigenvalue weighted by atomic mass is 9.86. The average Bonchev–Trinajstić information content (AvgIpc) is 3.12. The molecule has 3 N–H and O–H groups in total. The molecule has 2 aliphatic rings. The third-order valence-electron chi connectivity index (χ3n) is 6.18. The molecule has 2 atom stereocenters. The fourth-order valence-electron chi connectivity index (χ4n) is 4.35. The Morgan fingerprint density at radius 1 is 1.31 bits per heavy atom. The number of aliphatic hydroxyl groups is 1. The maximum absolute atomic E-state index is 15.2. The molecule has 1 saturated heterocycles. The average molecular weight is 479 g/mol. The van der Waals surface area contributed by atoms with Crippen LogP contribution in [0.2, 0.25) is 0 Å². The summed E-state index contributed by atoms with van der Waals surface area (Å²) >= 11 is 0. The molecule has 182 valence electrons. The molecule has 2 aliphatic heterocycles. The summed E-state index contributed by atoms with van der Waals surface area (Å²) in [4.78, 5) is 12.5. The van der Waals surface area contributed by atoms with Crippen LogP contribution in [0.25, 0.3) is 11.1 Å². The molecule has 35 heavy (non-hydrogen) atoms. The van der Waals surface area contributed by atoms with Gasteiger partial charge in [0.1, 0.15) is 30.3 Å². The van der Waals surface area contributed by atoms with Crippen LogP contribution in [0.15, 0.2) is 24.3 Å². The number of nitriles is 2. The van der Waals surface area contributed by atoms with E-state index in [0.717, 1.165) is 13.0 Å². The first-order valence-corrected chi connectivity index (χ1v) is 11.5. The molecule has 2 heterocycles. The van der Waals surface area contributed by atoms with Crippen LogP contribution in [0.1, 0.15) is 42.5 Å². The number of ether oxygens (including phenoxy) is 2. The molecule has 2 aromatic rings. The quantitative estimate of drug-likeness (QED) is 0.602. The third kappa shape index (κ3) is 5.28. The van der Waals surface area contributed by atoms with Crippen LogP contribution in [0.5, 0.6) is 5.75 Å². The van der Waals surface area contributed by atoms with Gasteiger partial charge in [0.05, 0.1) is 23.3 Å². The van der Waals surface area contributed by atoms with Gasteiger partial charge in [-0.15, -0.1) is 0 Å². The lowest BCUT2D eigenvalue weighted by Gasteiger charge is -2.26. The Morgan fingerprint density at radius 2 is 2.11 bits per heavy atom. The van der Waals surface area contributed by atoms with Gasteiger partial charge in [-0.05, 0) is 67.8 Å². The highest BCUT2D eigenvalue weighted by molar-refractivity contribution is 5.82. The van der Waals surface area contributed by atoms with Crippen molar-refractivity contribution in [2.24, 2.45) is 0 Å². The van der Waals surface area contributed by atoms with Gasteiger partial charge in [0.15, 0.2) is 0 Å². The zero-order valence-corrected chi connectivity index (χ0v) is 19.7. The lowest BCUT2D eigenvalue weighted by Crippen LogP contribution is -2.46. The van der Waals surface area contributed by atoms with Crippen LogP contribution in [0.4, 0.5) is 4.39 Å². The first-order chi connectivity index (χ1) is 16.7. The fraction of sp³-hybridized carbons (Fsp3) is 0.423. The van der Waals surface area contributed by atoms with E-state index in [-0.39, 0.29) is 18.6 Å². The zero-order valence-electron chi connectivity index (χ0n) is 19.7. The fourth-order valence-corrected chi connectivity index (χ4v) is 4.35. The van der Waals surface area contributed by atoms with E-state index in [9.17, 15) is 20.4 Å². The van der Waals surface area contributed by atoms with Crippen LogP contribution in [0, 0.1) is 28.5 Å². The number of carbonyl (C=O) groups excluding carboxylic acids is 1. The van der Waals surface area contributed by atoms with Crippen molar-refractivity contribution in [2.45, 2.75) is 51.0 Å². The second-order valence-corrected chi connectivity index (χ2v) is 9.27. The molecule has 2 aromatic carbocycles. The summed E-state index contributed by atoms with van der Waals surface area (Å²) in [6.45, 7) is 4.91. The number of hydrogen-bond acceptors (Lipinski definition) is 7. The molecule has 9 heteroatoms. The van der Waals surface area contributed by atoms with E-state index in [4.69, 9.17) is 9.47 Å². The van der Waals surface area contributed by atoms with Crippen molar-refractivity contribution >= 4 is 5.91 Å². The van der Waals surface area contributed by atoms with Crippen molar-refractivity contribution in [1.82, 2.24) is 10.6 Å². The number of fused-ring (bicyclic) bond motifs is 3. The van der Waals surface area contributed by atoms with Crippen molar-refractivity contribution in [3.8, 4) is 29.0 Å². The Labute approximate surface area is 203 Å². The summed E-state index contributed by atoms with van der Waals surface area (Å²) < 4.78 is 26.5. The van der Waals surface area contributed by atoms with E-state index in [1.165, 1.54) is 12.1 Å². The topological polar surface area (TPSA) is 127 Å². The van der Waals surface area contributed by atoms with Crippen LogP contribution in [0.3, 0.4) is 0 Å². The normalized spacial score (nSPS) is 18.1. The second-order valence-electron chi connectivity index (χ2n) is 9.27. The Kier molecular flexibility index (Phi) is 7.04. The molecule has 0 saturated carbocycles. The van der Waals surface area contributed by atoms with Crippen molar-refractivity contribution in [3.05, 3.63) is 52.3 Å². The summed E-state index contributed by atoms with van der Waals surface area (Å²) in [5, 5.41) is 35.4. The lowest BCUT2D eigenvalue weighted by molar-refractivity contribution is -0.132. The number of hydrogen-bond donors (Lipinski definition) is 3. The van der Waals surface area contributed by atoms with Gasteiger partial charge < -0.3 is 25.2 Å². The van der Waals surface area contributed by atoms with E-state index in [1.54, 1.807) is 26.0 Å². The Morgan fingerprint density at radius 3 is 2.83 bits per heavy atom. The molecule has 0 aliphatic carbocycles. The Bertz CT molecular complexity index is 1220. The molecule has 0 spiro atoms. The smallest absolute Gasteiger partial charge is 0.251 e. The largest absolute Gasteiger partial charge is 0.488 e. The predicted molar refractivity (Wildman–Crippen MR) is 125 cm³/mol. The van der Waals surface area contributed by atoms with Gasteiger partial charge in [0.25, 0.3) is 5.91 Å². The number of amides is 1. The van der Waals surface area contributed by atoms with Gasteiger partial charge in [-0.3, -0.25) is 4.79 Å². The molecule has 1 fully saturated rings. The van der Waals surface area contributed by atoms with E-state index in [1.807, 2.05) is 6.07 Å². The van der Waals surface area contributed by atoms with Crippen LogP contribution < -0.4 is 15.4 Å². The first kappa shape index (κ1) is 24.6. The molecule has 4 rings (SSSR count). The van der Waals surface area contributed by atoms with Gasteiger partial charge in [-0.2, -0.15) is 10.5 Å². The number of nitrogens with zero attached hydrogens (tertiary/aromatic N) is 2. The number of carbonyl (C=O) groups is 1. The van der Waals surface area contributed by atoms with Crippen LogP contribution >= 0.6 is 0 Å². The molecule has 0 aromatic heterocycles. The summed E-state index contributed by atoms with van der Waals surface area (Å²) in [6, 6.07) is 9.40. The molecule has 1 amide bonds. The minimum atomic E-state index is -1.26. The number of nitrogens with one attached hydrogen (secondary N) is 2. The molecule has 0 unspecified atom stereocenters. The van der Waals surface area contributed by atoms with Crippen LogP contribution in [-0.4, -0.2) is 42.9 Å². The maximum atomic E-state index is 15.2. The SMILES string of the molecule is CC(C)(O)c1cc2c(cc1C#N)COc1cc(C[C@@H](C#N)NC(=O)[C@@H]3CNCCCO3)c(F)cc1-2. The summed E-state index contributed by atoms with van der Waals surface area (Å²) in [7, 11) is 0. The number of benzene rings is 2. The summed E-state index contributed by atoms with van der Waals surface area (Å²) in [5.41, 5.74) is 1.64. The van der Waals surface area contributed by atoms with Gasteiger partial charge in [0, 0.05) is 30.7 Å². The molecular weight excluding hydrogens is 451 g/mol. The second kappa shape index (κ2) is 10.0. The van der Waals surface area contributed by atoms with E-state index >= 15 is 4.39 Å². The van der Waals surface area contributed by atoms with E-state index in [0.29, 0.717) is 46.7 Å². The highest BCUT2D eigenvalue weighted by Gasteiger charge is 2.28. The van der Waals surface area contributed by atoms with E-state index < -0.39 is 29.5 Å². The monoisotopic (exact) mass is 478 g/mol. The zero-order chi connectivity index (χ0) is 25.2. The molecular formula is C26H27FN4O4. The highest BCUT2D eigenvalue weighted by atomic mass is 19.1. The number of rotatable bonds is 5. The highest BCUT2D eigenvalue weighted by Crippen LogP contribution is 2.41. The van der Waals surface area contributed by atoms with Crippen LogP contribution in [-0.2, 0) is 28.2 Å². The minimum absolute atomic E-state index is 0.0417. The standard InChI is InChI=1S/C26H27FN4O4/c1-26(2,33)21-9-19-17(6-16(21)11-28)14-35-23-8-15(22(27)10-20(19)23)7-18(12-29)31-25(32)24-13-30-4-3-5-34-24/h6,8-10,18,24,30,33H,3-5,7,13-14H2,1-2H3,(H,31,32)/t18-,24-/m0/s1. The number of halogens is 1. The van der Waals surface area contributed by atoms with Crippen molar-refractivity contribution < 1.29 is 23.8 Å². The molecule has 0 bridgehead atoms. The minimum Gasteiger partial charge on any atom is -0.488 e. The summed E-state index contributed by atoms with van der Waals surface area (Å²) in [5.74, 6) is -0.530. The molecule has 8 nitrogen and oxygen atoms in total. The van der Waals surface area contributed by atoms with E-state index in [2.05, 4.69) is 16.7 Å². The van der Waals surface area contributed by atoms with Gasteiger partial charge in [0.2, 0.25) is 0 Å². The Hall–Kier alpha value is -3.50. The Balaban J connectivity index is 1.59. The predicted octanol–water partition coefficient (Wildman–Crippen LogP) is 2.41.